The summed E-state index contributed by atoms with van der Waals surface area (Å²) in [7, 11) is 0. The zero-order valence-electron chi connectivity index (χ0n) is 9.81. The van der Waals surface area contributed by atoms with Crippen molar-refractivity contribution in [3.05, 3.63) is 34.6 Å². The van der Waals surface area contributed by atoms with Gasteiger partial charge in [0, 0.05) is 6.42 Å². The number of ether oxygens (including phenoxy) is 1. The van der Waals surface area contributed by atoms with Crippen molar-refractivity contribution in [2.75, 3.05) is 13.2 Å². The lowest BCUT2D eigenvalue weighted by Crippen LogP contribution is -2.35. The molecular formula is C12H7F5O3. The highest BCUT2D eigenvalue weighted by Gasteiger charge is 2.37. The summed E-state index contributed by atoms with van der Waals surface area (Å²) in [5.41, 5.74) is -1.61. The first-order chi connectivity index (χ1) is 9.36. The molecule has 1 saturated heterocycles. The molecule has 1 aliphatic heterocycles. The number of hydrogen-bond acceptors (Lipinski definition) is 3. The minimum atomic E-state index is -2.36. The van der Waals surface area contributed by atoms with E-state index in [9.17, 15) is 31.5 Å². The molecule has 0 radical (unpaired) electrons. The maximum atomic E-state index is 13.4. The Labute approximate surface area is 109 Å². The average molecular weight is 294 g/mol. The summed E-state index contributed by atoms with van der Waals surface area (Å²) >= 11 is 0. The zero-order chi connectivity index (χ0) is 15.0. The summed E-state index contributed by atoms with van der Waals surface area (Å²) in [6.07, 6.45) is -0.161. The van der Waals surface area contributed by atoms with E-state index in [1.807, 2.05) is 0 Å². The number of Topliss-reactive ketones (excluding diaryl/α,β-unsaturated/α-hetero) is 2. The van der Waals surface area contributed by atoms with Crippen LogP contribution in [0.4, 0.5) is 22.0 Å². The van der Waals surface area contributed by atoms with E-state index in [2.05, 4.69) is 0 Å². The molecule has 0 spiro atoms. The molecule has 0 amide bonds. The van der Waals surface area contributed by atoms with E-state index in [4.69, 9.17) is 4.74 Å². The third kappa shape index (κ3) is 2.20. The van der Waals surface area contributed by atoms with E-state index >= 15 is 0 Å². The Kier molecular flexibility index (Phi) is 3.85. The lowest BCUT2D eigenvalue weighted by Gasteiger charge is -2.20. The van der Waals surface area contributed by atoms with Gasteiger partial charge in [-0.2, -0.15) is 0 Å². The van der Waals surface area contributed by atoms with Crippen LogP contribution >= 0.6 is 0 Å². The molecule has 108 valence electrons. The third-order valence-corrected chi connectivity index (χ3v) is 2.94. The van der Waals surface area contributed by atoms with Crippen LogP contribution in [0.1, 0.15) is 16.8 Å². The van der Waals surface area contributed by atoms with Crippen molar-refractivity contribution in [2.45, 2.75) is 6.42 Å². The van der Waals surface area contributed by atoms with Crippen molar-refractivity contribution < 1.29 is 36.3 Å². The number of hydrogen-bond donors (Lipinski definition) is 0. The molecule has 1 heterocycles. The highest BCUT2D eigenvalue weighted by atomic mass is 19.2. The summed E-state index contributed by atoms with van der Waals surface area (Å²) in [5, 5.41) is 0. The van der Waals surface area contributed by atoms with Gasteiger partial charge in [-0.3, -0.25) is 9.59 Å². The van der Waals surface area contributed by atoms with Crippen LogP contribution in [0.25, 0.3) is 0 Å². The van der Waals surface area contributed by atoms with Crippen LogP contribution in [-0.4, -0.2) is 24.8 Å². The minimum absolute atomic E-state index is 0.0414. The minimum Gasteiger partial charge on any atom is -0.380 e. The fourth-order valence-electron chi connectivity index (χ4n) is 1.86. The second-order valence-corrected chi connectivity index (χ2v) is 4.15. The molecule has 0 bridgehead atoms. The molecule has 3 nitrogen and oxygen atoms in total. The highest BCUT2D eigenvalue weighted by molar-refractivity contribution is 6.11. The van der Waals surface area contributed by atoms with Crippen LogP contribution < -0.4 is 0 Å². The van der Waals surface area contributed by atoms with Gasteiger partial charge in [0.1, 0.15) is 11.7 Å². The Bertz CT molecular complexity index is 570. The van der Waals surface area contributed by atoms with Gasteiger partial charge < -0.3 is 4.74 Å². The van der Waals surface area contributed by atoms with Crippen LogP contribution in [0.2, 0.25) is 0 Å². The molecule has 0 N–H and O–H groups in total. The van der Waals surface area contributed by atoms with Crippen molar-refractivity contribution in [3.8, 4) is 0 Å². The average Bonchev–Trinajstić information content (AvgIpc) is 2.43. The molecule has 1 unspecified atom stereocenters. The molecule has 0 saturated carbocycles. The largest absolute Gasteiger partial charge is 0.380 e. The quantitative estimate of drug-likeness (QED) is 0.276. The Hall–Kier alpha value is -1.83. The maximum absolute atomic E-state index is 13.4. The molecule has 1 aliphatic rings. The second kappa shape index (κ2) is 5.28. The molecule has 1 fully saturated rings. The predicted octanol–water partition coefficient (Wildman–Crippen LogP) is 2.17. The van der Waals surface area contributed by atoms with Gasteiger partial charge in [0.05, 0.1) is 18.8 Å². The molecule has 2 rings (SSSR count). The predicted molar refractivity (Wildman–Crippen MR) is 54.5 cm³/mol. The summed E-state index contributed by atoms with van der Waals surface area (Å²) in [6.45, 7) is -0.406. The molecular weight excluding hydrogens is 287 g/mol. The monoisotopic (exact) mass is 294 g/mol. The van der Waals surface area contributed by atoms with Crippen LogP contribution in [-0.2, 0) is 9.53 Å². The second-order valence-electron chi connectivity index (χ2n) is 4.15. The molecule has 8 heteroatoms. The maximum Gasteiger partial charge on any atom is 0.200 e. The van der Waals surface area contributed by atoms with Gasteiger partial charge >= 0.3 is 0 Å². The van der Waals surface area contributed by atoms with Crippen LogP contribution in [0, 0.1) is 35.0 Å². The van der Waals surface area contributed by atoms with Gasteiger partial charge in [-0.05, 0) is 0 Å². The van der Waals surface area contributed by atoms with Crippen LogP contribution in [0.5, 0.6) is 0 Å². The Morgan fingerprint density at radius 2 is 1.45 bits per heavy atom. The first kappa shape index (κ1) is 14.6. The molecule has 0 aliphatic carbocycles. The van der Waals surface area contributed by atoms with Gasteiger partial charge in [-0.1, -0.05) is 0 Å². The van der Waals surface area contributed by atoms with Crippen LogP contribution in [0.3, 0.4) is 0 Å². The first-order valence-electron chi connectivity index (χ1n) is 5.52. The summed E-state index contributed by atoms with van der Waals surface area (Å²) < 4.78 is 70.5. The molecule has 0 aromatic heterocycles. The van der Waals surface area contributed by atoms with Crippen molar-refractivity contribution in [1.82, 2.24) is 0 Å². The molecule has 20 heavy (non-hydrogen) atoms. The summed E-state index contributed by atoms with van der Waals surface area (Å²) in [4.78, 5) is 23.3. The Morgan fingerprint density at radius 3 is 1.95 bits per heavy atom. The van der Waals surface area contributed by atoms with E-state index in [1.165, 1.54) is 0 Å². The van der Waals surface area contributed by atoms with E-state index in [0.717, 1.165) is 0 Å². The third-order valence-electron chi connectivity index (χ3n) is 2.94. The standard InChI is InChI=1S/C12H7F5O3/c13-7-6(8(14)10(16)11(17)9(7)15)12(19)4-3-20-2-1-5(4)18/h4H,1-3H2. The number of ketones is 2. The van der Waals surface area contributed by atoms with Gasteiger partial charge in [-0.15, -0.1) is 0 Å². The van der Waals surface area contributed by atoms with Gasteiger partial charge in [0.2, 0.25) is 5.82 Å². The van der Waals surface area contributed by atoms with Gasteiger partial charge in [-0.25, -0.2) is 22.0 Å². The normalized spacial score (nSPS) is 19.2. The van der Waals surface area contributed by atoms with Crippen molar-refractivity contribution in [3.63, 3.8) is 0 Å². The number of carbonyl (C=O) groups excluding carboxylic acids is 2. The highest BCUT2D eigenvalue weighted by Crippen LogP contribution is 2.26. The van der Waals surface area contributed by atoms with Crippen LogP contribution in [0.15, 0.2) is 0 Å². The molecule has 1 aromatic rings. The van der Waals surface area contributed by atoms with E-state index in [1.54, 1.807) is 0 Å². The fraction of sp³-hybridized carbons (Fsp3) is 0.333. The first-order valence-corrected chi connectivity index (χ1v) is 5.52. The van der Waals surface area contributed by atoms with E-state index in [-0.39, 0.29) is 13.0 Å². The smallest absolute Gasteiger partial charge is 0.200 e. The number of halogens is 5. The number of carbonyl (C=O) groups is 2. The fourth-order valence-corrected chi connectivity index (χ4v) is 1.86. The van der Waals surface area contributed by atoms with Crippen molar-refractivity contribution >= 4 is 11.6 Å². The number of rotatable bonds is 2. The Morgan fingerprint density at radius 1 is 0.950 bits per heavy atom. The molecule has 1 atom stereocenters. The zero-order valence-corrected chi connectivity index (χ0v) is 9.81. The van der Waals surface area contributed by atoms with Gasteiger partial charge in [0.15, 0.2) is 29.1 Å². The lowest BCUT2D eigenvalue weighted by molar-refractivity contribution is -0.128. The molecule has 1 aromatic carbocycles. The van der Waals surface area contributed by atoms with Crippen molar-refractivity contribution in [2.24, 2.45) is 5.92 Å². The van der Waals surface area contributed by atoms with Crippen molar-refractivity contribution in [1.29, 1.82) is 0 Å². The topological polar surface area (TPSA) is 43.4 Å². The van der Waals surface area contributed by atoms with E-state index in [0.29, 0.717) is 0 Å². The summed E-state index contributed by atoms with van der Waals surface area (Å²) in [5.74, 6) is -15.0. The van der Waals surface area contributed by atoms with Gasteiger partial charge in [0.25, 0.3) is 0 Å². The lowest BCUT2D eigenvalue weighted by atomic mass is 9.91. The Balaban J connectivity index is 2.52. The summed E-state index contributed by atoms with van der Waals surface area (Å²) in [6, 6.07) is 0. The van der Waals surface area contributed by atoms with E-state index < -0.39 is 58.7 Å². The SMILES string of the molecule is O=C1CCOCC1C(=O)c1c(F)c(F)c(F)c(F)c1F. The number of benzene rings is 1.